The van der Waals surface area contributed by atoms with Gasteiger partial charge < -0.3 is 10.2 Å². The van der Waals surface area contributed by atoms with Crippen LogP contribution in [0.15, 0.2) is 0 Å². The minimum atomic E-state index is -0.0320. The van der Waals surface area contributed by atoms with E-state index in [2.05, 4.69) is 26.1 Å². The van der Waals surface area contributed by atoms with Gasteiger partial charge in [0.05, 0.1) is 6.04 Å². The molecule has 1 heterocycles. The van der Waals surface area contributed by atoms with Crippen LogP contribution < -0.4 is 5.32 Å². The summed E-state index contributed by atoms with van der Waals surface area (Å²) >= 11 is 0. The monoisotopic (exact) mass is 240 g/mol. The van der Waals surface area contributed by atoms with E-state index in [0.717, 1.165) is 26.1 Å². The van der Waals surface area contributed by atoms with E-state index in [1.54, 1.807) is 0 Å². The lowest BCUT2D eigenvalue weighted by Crippen LogP contribution is -2.47. The molecule has 1 saturated heterocycles. The number of nitrogens with zero attached hydrogens (tertiary/aromatic N) is 1. The second kappa shape index (κ2) is 6.39. The zero-order valence-corrected chi connectivity index (χ0v) is 11.9. The molecule has 3 nitrogen and oxygen atoms in total. The van der Waals surface area contributed by atoms with Crippen LogP contribution in [0.3, 0.4) is 0 Å². The molecule has 1 rings (SSSR count). The first-order valence-corrected chi connectivity index (χ1v) is 6.92. The van der Waals surface area contributed by atoms with Gasteiger partial charge in [0, 0.05) is 13.1 Å². The average molecular weight is 240 g/mol. The van der Waals surface area contributed by atoms with Gasteiger partial charge in [0.2, 0.25) is 5.91 Å². The highest BCUT2D eigenvalue weighted by Gasteiger charge is 2.21. The Labute approximate surface area is 106 Å². The summed E-state index contributed by atoms with van der Waals surface area (Å²) in [6.45, 7) is 11.5. The van der Waals surface area contributed by atoms with Crippen molar-refractivity contribution in [2.45, 2.75) is 59.4 Å². The molecule has 0 aromatic heterocycles. The van der Waals surface area contributed by atoms with Gasteiger partial charge in [0.1, 0.15) is 0 Å². The maximum Gasteiger partial charge on any atom is 0.239 e. The van der Waals surface area contributed by atoms with Gasteiger partial charge in [-0.05, 0) is 44.6 Å². The molecule has 3 heteroatoms. The Kier molecular flexibility index (Phi) is 5.44. The smallest absolute Gasteiger partial charge is 0.239 e. The third kappa shape index (κ3) is 5.53. The molecule has 0 aliphatic carbocycles. The van der Waals surface area contributed by atoms with Crippen molar-refractivity contribution >= 4 is 5.91 Å². The van der Waals surface area contributed by atoms with Crippen LogP contribution in [0.1, 0.15) is 53.4 Å². The fourth-order valence-corrected chi connectivity index (χ4v) is 2.14. The van der Waals surface area contributed by atoms with Crippen molar-refractivity contribution in [3.8, 4) is 0 Å². The first-order chi connectivity index (χ1) is 7.90. The highest BCUT2D eigenvalue weighted by atomic mass is 16.2. The van der Waals surface area contributed by atoms with E-state index in [9.17, 15) is 4.79 Å². The highest BCUT2D eigenvalue weighted by Crippen LogP contribution is 2.17. The van der Waals surface area contributed by atoms with Gasteiger partial charge >= 0.3 is 0 Å². The molecule has 1 atom stereocenters. The number of hydrogen-bond donors (Lipinski definition) is 1. The summed E-state index contributed by atoms with van der Waals surface area (Å²) in [5.41, 5.74) is 0.334. The Hall–Kier alpha value is -0.570. The van der Waals surface area contributed by atoms with Crippen LogP contribution in [0.4, 0.5) is 0 Å². The van der Waals surface area contributed by atoms with Crippen molar-refractivity contribution in [1.82, 2.24) is 10.2 Å². The van der Waals surface area contributed by atoms with Gasteiger partial charge in [-0.15, -0.1) is 0 Å². The predicted molar refractivity (Wildman–Crippen MR) is 72.0 cm³/mol. The van der Waals surface area contributed by atoms with Crippen LogP contribution >= 0.6 is 0 Å². The maximum absolute atomic E-state index is 12.1. The Bertz CT molecular complexity index is 239. The first-order valence-electron chi connectivity index (χ1n) is 6.92. The Morgan fingerprint density at radius 1 is 1.24 bits per heavy atom. The van der Waals surface area contributed by atoms with Crippen molar-refractivity contribution in [1.29, 1.82) is 0 Å². The Balaban J connectivity index is 2.26. The van der Waals surface area contributed by atoms with E-state index >= 15 is 0 Å². The molecule has 0 saturated carbocycles. The molecule has 17 heavy (non-hydrogen) atoms. The SMILES string of the molecule is CC(NCCC(C)(C)C)C(=O)N1CCCCC1. The van der Waals surface area contributed by atoms with Crippen molar-refractivity contribution in [2.75, 3.05) is 19.6 Å². The molecule has 1 N–H and O–H groups in total. The number of rotatable bonds is 4. The van der Waals surface area contributed by atoms with E-state index in [-0.39, 0.29) is 11.9 Å². The quantitative estimate of drug-likeness (QED) is 0.818. The first kappa shape index (κ1) is 14.5. The predicted octanol–water partition coefficient (Wildman–Crippen LogP) is 2.41. The van der Waals surface area contributed by atoms with Crippen molar-refractivity contribution in [3.63, 3.8) is 0 Å². The van der Waals surface area contributed by atoms with Gasteiger partial charge in [0.25, 0.3) is 0 Å². The molecule has 1 fully saturated rings. The number of hydrogen-bond acceptors (Lipinski definition) is 2. The lowest BCUT2D eigenvalue weighted by atomic mass is 9.92. The molecule has 0 aromatic rings. The lowest BCUT2D eigenvalue weighted by Gasteiger charge is -2.30. The van der Waals surface area contributed by atoms with Crippen molar-refractivity contribution in [2.24, 2.45) is 5.41 Å². The van der Waals surface area contributed by atoms with Gasteiger partial charge in [-0.1, -0.05) is 20.8 Å². The van der Waals surface area contributed by atoms with Crippen molar-refractivity contribution in [3.05, 3.63) is 0 Å². The summed E-state index contributed by atoms with van der Waals surface area (Å²) < 4.78 is 0. The number of amides is 1. The molecule has 100 valence electrons. The Morgan fingerprint density at radius 3 is 2.35 bits per heavy atom. The maximum atomic E-state index is 12.1. The van der Waals surface area contributed by atoms with Crippen molar-refractivity contribution < 1.29 is 4.79 Å². The number of carbonyl (C=O) groups excluding carboxylic acids is 1. The molecule has 1 aliphatic heterocycles. The van der Waals surface area contributed by atoms with Gasteiger partial charge in [-0.3, -0.25) is 4.79 Å². The summed E-state index contributed by atoms with van der Waals surface area (Å²) in [7, 11) is 0. The lowest BCUT2D eigenvalue weighted by molar-refractivity contribution is -0.133. The van der Waals surface area contributed by atoms with Crippen LogP contribution in [-0.4, -0.2) is 36.5 Å². The van der Waals surface area contributed by atoms with E-state index < -0.39 is 0 Å². The van der Waals surface area contributed by atoms with Crippen LogP contribution in [0, 0.1) is 5.41 Å². The summed E-state index contributed by atoms with van der Waals surface area (Å²) in [5.74, 6) is 0.276. The summed E-state index contributed by atoms with van der Waals surface area (Å²) in [5, 5.41) is 3.35. The third-order valence-electron chi connectivity index (χ3n) is 3.36. The summed E-state index contributed by atoms with van der Waals surface area (Å²) in [6.07, 6.45) is 4.71. The molecule has 0 aromatic carbocycles. The zero-order valence-electron chi connectivity index (χ0n) is 11.9. The average Bonchev–Trinajstić information content (AvgIpc) is 2.27. The van der Waals surface area contributed by atoms with E-state index in [1.165, 1.54) is 19.3 Å². The van der Waals surface area contributed by atoms with Crippen LogP contribution in [-0.2, 0) is 4.79 Å². The molecular formula is C14H28N2O. The van der Waals surface area contributed by atoms with E-state index in [1.807, 2.05) is 11.8 Å². The topological polar surface area (TPSA) is 32.3 Å². The fourth-order valence-electron chi connectivity index (χ4n) is 2.14. The molecule has 0 bridgehead atoms. The van der Waals surface area contributed by atoms with Crippen LogP contribution in [0.25, 0.3) is 0 Å². The largest absolute Gasteiger partial charge is 0.341 e. The number of carbonyl (C=O) groups is 1. The zero-order chi connectivity index (χ0) is 12.9. The van der Waals surface area contributed by atoms with Gasteiger partial charge in [-0.25, -0.2) is 0 Å². The summed E-state index contributed by atoms with van der Waals surface area (Å²) in [4.78, 5) is 14.1. The number of likely N-dealkylation sites (tertiary alicyclic amines) is 1. The summed E-state index contributed by atoms with van der Waals surface area (Å²) in [6, 6.07) is -0.0320. The highest BCUT2D eigenvalue weighted by molar-refractivity contribution is 5.81. The molecule has 0 spiro atoms. The normalized spacial score (nSPS) is 19.2. The minimum Gasteiger partial charge on any atom is -0.341 e. The Morgan fingerprint density at radius 2 is 1.82 bits per heavy atom. The van der Waals surface area contributed by atoms with Crippen LogP contribution in [0.2, 0.25) is 0 Å². The van der Waals surface area contributed by atoms with E-state index in [0.29, 0.717) is 5.41 Å². The fraction of sp³-hybridized carbons (Fsp3) is 0.929. The molecule has 1 amide bonds. The molecule has 1 aliphatic rings. The second-order valence-corrected chi connectivity index (χ2v) is 6.37. The van der Waals surface area contributed by atoms with Gasteiger partial charge in [-0.2, -0.15) is 0 Å². The third-order valence-corrected chi connectivity index (χ3v) is 3.36. The second-order valence-electron chi connectivity index (χ2n) is 6.37. The minimum absolute atomic E-state index is 0.0320. The number of nitrogens with one attached hydrogen (secondary N) is 1. The standard InChI is InChI=1S/C14H28N2O/c1-12(15-9-8-14(2,3)4)13(17)16-10-6-5-7-11-16/h12,15H,5-11H2,1-4H3. The molecular weight excluding hydrogens is 212 g/mol. The van der Waals surface area contributed by atoms with E-state index in [4.69, 9.17) is 0 Å². The number of piperidine rings is 1. The molecule has 1 unspecified atom stereocenters. The molecule has 0 radical (unpaired) electrons. The van der Waals surface area contributed by atoms with Gasteiger partial charge in [0.15, 0.2) is 0 Å². The van der Waals surface area contributed by atoms with Crippen LogP contribution in [0.5, 0.6) is 0 Å².